The number of hydrogen-bond acceptors (Lipinski definition) is 5. The molecule has 0 saturated carbocycles. The fraction of sp³-hybridized carbons (Fsp3) is 0.312. The van der Waals surface area contributed by atoms with Crippen LogP contribution in [0.25, 0.3) is 0 Å². The van der Waals surface area contributed by atoms with E-state index in [1.807, 2.05) is 19.1 Å². The first kappa shape index (κ1) is 13.8. The first-order chi connectivity index (χ1) is 11.1. The van der Waals surface area contributed by atoms with E-state index in [4.69, 9.17) is 0 Å². The van der Waals surface area contributed by atoms with Gasteiger partial charge in [0.25, 0.3) is 0 Å². The van der Waals surface area contributed by atoms with Gasteiger partial charge < -0.3 is 20.5 Å². The number of nitrogens with one attached hydrogen (secondary N) is 3. The number of hydrogen-bond donors (Lipinski definition) is 3. The van der Waals surface area contributed by atoms with Crippen molar-refractivity contribution in [2.24, 2.45) is 7.05 Å². The number of carbonyl (C=O) groups is 1. The molecule has 1 aromatic carbocycles. The van der Waals surface area contributed by atoms with E-state index in [1.54, 1.807) is 19.4 Å². The van der Waals surface area contributed by atoms with Crippen LogP contribution in [0.1, 0.15) is 36.6 Å². The van der Waals surface area contributed by atoms with Gasteiger partial charge in [-0.15, -0.1) is 0 Å². The molecule has 4 rings (SSSR count). The molecule has 2 aliphatic rings. The molecule has 0 fully saturated rings. The molecule has 7 nitrogen and oxygen atoms in total. The van der Waals surface area contributed by atoms with Gasteiger partial charge in [0.15, 0.2) is 0 Å². The van der Waals surface area contributed by atoms with Crippen molar-refractivity contribution in [1.82, 2.24) is 9.55 Å². The van der Waals surface area contributed by atoms with E-state index in [0.29, 0.717) is 0 Å². The van der Waals surface area contributed by atoms with E-state index in [-0.39, 0.29) is 23.7 Å². The molecule has 1 aromatic heterocycles. The Hall–Kier alpha value is -2.83. The summed E-state index contributed by atoms with van der Waals surface area (Å²) in [5.74, 6) is -0.0275. The Kier molecular flexibility index (Phi) is 2.90. The average molecular weight is 311 g/mol. The predicted molar refractivity (Wildman–Crippen MR) is 87.6 cm³/mol. The molecule has 7 heteroatoms. The minimum Gasteiger partial charge on any atom is -0.360 e. The molecular formula is C16H17N5O2. The summed E-state index contributed by atoms with van der Waals surface area (Å²) < 4.78 is 1.45. The van der Waals surface area contributed by atoms with E-state index in [0.717, 1.165) is 34.6 Å². The van der Waals surface area contributed by atoms with Crippen LogP contribution < -0.4 is 21.6 Å². The quantitative estimate of drug-likeness (QED) is 0.786. The van der Waals surface area contributed by atoms with Crippen LogP contribution in [0.4, 0.5) is 17.1 Å². The van der Waals surface area contributed by atoms with Crippen LogP contribution >= 0.6 is 0 Å². The number of anilines is 3. The number of nitrogens with zero attached hydrogens (tertiary/aromatic N) is 2. The molecule has 0 spiro atoms. The fourth-order valence-corrected chi connectivity index (χ4v) is 3.21. The summed E-state index contributed by atoms with van der Waals surface area (Å²) in [7, 11) is 1.68. The van der Waals surface area contributed by atoms with Crippen LogP contribution in [-0.2, 0) is 11.8 Å². The molecule has 3 N–H and O–H groups in total. The fourth-order valence-electron chi connectivity index (χ4n) is 3.21. The summed E-state index contributed by atoms with van der Waals surface area (Å²) in [6, 6.07) is 3.99. The van der Waals surface area contributed by atoms with Gasteiger partial charge in [0.2, 0.25) is 5.91 Å². The number of aromatic nitrogens is 2. The smallest absolute Gasteiger partial charge is 0.347 e. The standard InChI is InChI=1S/C16H17N5O2/c1-3-9-10-4-12-13(5-11(10)20-15(9)22)19-14(18-12)8-6-17-16(23)21(2)7-8/h4-7,9,14,18-19H,3H2,1-2H3,(H,20,22). The predicted octanol–water partition coefficient (Wildman–Crippen LogP) is 1.76. The molecule has 3 heterocycles. The van der Waals surface area contributed by atoms with Gasteiger partial charge in [-0.3, -0.25) is 4.79 Å². The van der Waals surface area contributed by atoms with Crippen molar-refractivity contribution in [2.45, 2.75) is 25.4 Å². The molecule has 0 saturated heterocycles. The largest absolute Gasteiger partial charge is 0.360 e. The molecule has 2 unspecified atom stereocenters. The lowest BCUT2D eigenvalue weighted by Crippen LogP contribution is -2.22. The van der Waals surface area contributed by atoms with Gasteiger partial charge in [0.1, 0.15) is 6.17 Å². The van der Waals surface area contributed by atoms with Crippen LogP contribution in [0.5, 0.6) is 0 Å². The maximum Gasteiger partial charge on any atom is 0.347 e. The highest BCUT2D eigenvalue weighted by Gasteiger charge is 2.32. The summed E-state index contributed by atoms with van der Waals surface area (Å²) in [4.78, 5) is 27.2. The van der Waals surface area contributed by atoms with Gasteiger partial charge in [-0.1, -0.05) is 6.92 Å². The van der Waals surface area contributed by atoms with Crippen molar-refractivity contribution in [1.29, 1.82) is 0 Å². The zero-order chi connectivity index (χ0) is 16.1. The van der Waals surface area contributed by atoms with Crippen LogP contribution in [0, 0.1) is 0 Å². The topological polar surface area (TPSA) is 88.1 Å². The molecule has 118 valence electrons. The van der Waals surface area contributed by atoms with Crippen molar-refractivity contribution < 1.29 is 4.79 Å². The van der Waals surface area contributed by atoms with Crippen molar-refractivity contribution in [3.63, 3.8) is 0 Å². The van der Waals surface area contributed by atoms with Crippen molar-refractivity contribution in [2.75, 3.05) is 16.0 Å². The monoisotopic (exact) mass is 311 g/mol. The van der Waals surface area contributed by atoms with Crippen LogP contribution in [0.2, 0.25) is 0 Å². The molecule has 0 radical (unpaired) electrons. The maximum absolute atomic E-state index is 12.0. The Morgan fingerprint density at radius 1 is 1.17 bits per heavy atom. The van der Waals surface area contributed by atoms with Gasteiger partial charge in [0.05, 0.1) is 17.3 Å². The first-order valence-corrected chi connectivity index (χ1v) is 7.61. The van der Waals surface area contributed by atoms with E-state index in [9.17, 15) is 9.59 Å². The summed E-state index contributed by atoms with van der Waals surface area (Å²) >= 11 is 0. The van der Waals surface area contributed by atoms with Crippen molar-refractivity contribution >= 4 is 23.0 Å². The first-order valence-electron chi connectivity index (χ1n) is 7.61. The lowest BCUT2D eigenvalue weighted by atomic mass is 9.97. The van der Waals surface area contributed by atoms with E-state index in [1.165, 1.54) is 4.57 Å². The van der Waals surface area contributed by atoms with Crippen molar-refractivity contribution in [3.8, 4) is 0 Å². The lowest BCUT2D eigenvalue weighted by molar-refractivity contribution is -0.117. The Bertz CT molecular complexity index is 873. The third-order valence-electron chi connectivity index (χ3n) is 4.45. The second-order valence-electron chi connectivity index (χ2n) is 5.94. The second-order valence-corrected chi connectivity index (χ2v) is 5.94. The normalized spacial score (nSPS) is 21.2. The number of benzene rings is 1. The number of carbonyl (C=O) groups excluding carboxylic acids is 1. The molecule has 23 heavy (non-hydrogen) atoms. The molecule has 2 aromatic rings. The van der Waals surface area contributed by atoms with Gasteiger partial charge in [0, 0.05) is 30.7 Å². The molecule has 0 aliphatic carbocycles. The highest BCUT2D eigenvalue weighted by Crippen LogP contribution is 2.44. The summed E-state index contributed by atoms with van der Waals surface area (Å²) in [6.07, 6.45) is 3.96. The van der Waals surface area contributed by atoms with Gasteiger partial charge in [-0.05, 0) is 24.1 Å². The zero-order valence-electron chi connectivity index (χ0n) is 12.9. The van der Waals surface area contributed by atoms with Crippen LogP contribution in [-0.4, -0.2) is 15.5 Å². The Morgan fingerprint density at radius 2 is 1.91 bits per heavy atom. The molecular weight excluding hydrogens is 294 g/mol. The molecule has 1 amide bonds. The SMILES string of the molecule is CCC1C(=O)Nc2cc3c(cc21)NC(c1cnc(=O)n(C)c1)N3. The number of aryl methyl sites for hydroxylation is 1. The van der Waals surface area contributed by atoms with Crippen LogP contribution in [0.3, 0.4) is 0 Å². The van der Waals surface area contributed by atoms with Gasteiger partial charge in [-0.2, -0.15) is 0 Å². The Balaban J connectivity index is 1.67. The molecule has 2 aliphatic heterocycles. The van der Waals surface area contributed by atoms with Gasteiger partial charge >= 0.3 is 5.69 Å². The summed E-state index contributed by atoms with van der Waals surface area (Å²) in [5.41, 5.74) is 4.38. The third-order valence-corrected chi connectivity index (χ3v) is 4.45. The number of fused-ring (bicyclic) bond motifs is 2. The number of rotatable bonds is 2. The maximum atomic E-state index is 12.0. The van der Waals surface area contributed by atoms with E-state index >= 15 is 0 Å². The Labute approximate surface area is 132 Å². The number of amides is 1. The average Bonchev–Trinajstić information content (AvgIpc) is 3.06. The Morgan fingerprint density at radius 3 is 2.61 bits per heavy atom. The summed E-state index contributed by atoms with van der Waals surface area (Å²) in [6.45, 7) is 2.01. The van der Waals surface area contributed by atoms with E-state index in [2.05, 4.69) is 20.9 Å². The zero-order valence-corrected chi connectivity index (χ0v) is 12.9. The van der Waals surface area contributed by atoms with Crippen molar-refractivity contribution in [3.05, 3.63) is 46.1 Å². The van der Waals surface area contributed by atoms with Gasteiger partial charge in [-0.25, -0.2) is 9.78 Å². The highest BCUT2D eigenvalue weighted by molar-refractivity contribution is 6.04. The minimum atomic E-state index is -0.281. The molecule has 0 bridgehead atoms. The molecule has 2 atom stereocenters. The summed E-state index contributed by atoms with van der Waals surface area (Å²) in [5, 5.41) is 9.67. The second kappa shape index (κ2) is 4.84. The lowest BCUT2D eigenvalue weighted by Gasteiger charge is -2.12. The van der Waals surface area contributed by atoms with E-state index < -0.39 is 0 Å². The minimum absolute atomic E-state index is 0.0602. The third kappa shape index (κ3) is 2.08. The van der Waals surface area contributed by atoms with Crippen LogP contribution in [0.15, 0.2) is 29.3 Å². The highest BCUT2D eigenvalue weighted by atomic mass is 16.2.